The van der Waals surface area contributed by atoms with Gasteiger partial charge in [-0.1, -0.05) is 0 Å². The largest absolute Gasteiger partial charge is 0.497 e. The lowest BCUT2D eigenvalue weighted by Crippen LogP contribution is -2.25. The number of amides is 1. The third-order valence-electron chi connectivity index (χ3n) is 2.61. The average Bonchev–Trinajstić information content (AvgIpc) is 2.83. The first-order valence-corrected chi connectivity index (χ1v) is 6.08. The Morgan fingerprint density at radius 1 is 1.28 bits per heavy atom. The molecule has 0 atom stereocenters. The normalized spacial score (nSPS) is 10.2. The number of hydrogen-bond donors (Lipinski definition) is 0. The molecule has 1 amide bonds. The number of rotatable bonds is 3. The number of hydrogen-bond acceptors (Lipinski definition) is 3. The minimum Gasteiger partial charge on any atom is -0.497 e. The second-order valence-corrected chi connectivity index (χ2v) is 4.39. The van der Waals surface area contributed by atoms with Crippen LogP contribution in [0.3, 0.4) is 0 Å². The average molecular weight is 310 g/mol. The molecule has 0 unspecified atom stereocenters. The van der Waals surface area contributed by atoms with Crippen LogP contribution < -0.4 is 9.64 Å². The van der Waals surface area contributed by atoms with Crippen molar-refractivity contribution < 1.29 is 13.9 Å². The molecule has 0 saturated heterocycles. The number of carbonyl (C=O) groups is 1. The Labute approximate surface area is 113 Å². The Kier molecular flexibility index (Phi) is 3.72. The number of furan rings is 1. The molecule has 1 aromatic heterocycles. The van der Waals surface area contributed by atoms with Crippen LogP contribution in [-0.2, 0) is 0 Å². The van der Waals surface area contributed by atoms with E-state index in [2.05, 4.69) is 15.9 Å². The number of benzene rings is 1. The first-order chi connectivity index (χ1) is 8.63. The van der Waals surface area contributed by atoms with Crippen molar-refractivity contribution in [1.82, 2.24) is 0 Å². The summed E-state index contributed by atoms with van der Waals surface area (Å²) in [6.45, 7) is 0. The van der Waals surface area contributed by atoms with Crippen LogP contribution in [0.15, 0.2) is 45.7 Å². The fraction of sp³-hybridized carbons (Fsp3) is 0.154. The summed E-state index contributed by atoms with van der Waals surface area (Å²) in [5, 5.41) is 0. The highest BCUT2D eigenvalue weighted by Crippen LogP contribution is 2.23. The van der Waals surface area contributed by atoms with E-state index in [1.165, 1.54) is 6.26 Å². The van der Waals surface area contributed by atoms with Crippen molar-refractivity contribution >= 4 is 27.5 Å². The van der Waals surface area contributed by atoms with Crippen molar-refractivity contribution in [2.75, 3.05) is 19.1 Å². The Morgan fingerprint density at radius 3 is 2.44 bits per heavy atom. The van der Waals surface area contributed by atoms with Crippen LogP contribution in [0, 0.1) is 0 Å². The zero-order valence-electron chi connectivity index (χ0n) is 10.0. The monoisotopic (exact) mass is 309 g/mol. The number of anilines is 1. The summed E-state index contributed by atoms with van der Waals surface area (Å²) in [5.41, 5.74) is 1.28. The first kappa shape index (κ1) is 12.7. The van der Waals surface area contributed by atoms with E-state index in [1.807, 2.05) is 24.3 Å². The van der Waals surface area contributed by atoms with Crippen LogP contribution in [0.2, 0.25) is 0 Å². The second-order valence-electron chi connectivity index (χ2n) is 3.67. The van der Waals surface area contributed by atoms with Gasteiger partial charge in [-0.2, -0.15) is 0 Å². The lowest BCUT2D eigenvalue weighted by Gasteiger charge is -2.16. The lowest BCUT2D eigenvalue weighted by atomic mass is 10.2. The van der Waals surface area contributed by atoms with Crippen LogP contribution in [0.4, 0.5) is 5.69 Å². The molecule has 94 valence electrons. The fourth-order valence-corrected chi connectivity index (χ4v) is 1.96. The van der Waals surface area contributed by atoms with Gasteiger partial charge in [0.15, 0.2) is 4.67 Å². The molecule has 0 radical (unpaired) electrons. The van der Waals surface area contributed by atoms with Crippen LogP contribution in [0.5, 0.6) is 5.75 Å². The topological polar surface area (TPSA) is 42.7 Å². The minimum absolute atomic E-state index is 0.138. The summed E-state index contributed by atoms with van der Waals surface area (Å²) in [5.74, 6) is 0.616. The molecule has 0 aliphatic rings. The third kappa shape index (κ3) is 2.41. The maximum absolute atomic E-state index is 12.2. The number of ether oxygens (including phenoxy) is 1. The first-order valence-electron chi connectivity index (χ1n) is 5.28. The SMILES string of the molecule is COc1ccc(N(C)C(=O)c2ccoc2Br)cc1. The van der Waals surface area contributed by atoms with Gasteiger partial charge in [-0.25, -0.2) is 0 Å². The van der Waals surface area contributed by atoms with E-state index in [-0.39, 0.29) is 5.91 Å². The molecule has 0 aliphatic carbocycles. The fourth-order valence-electron chi connectivity index (χ4n) is 1.55. The van der Waals surface area contributed by atoms with Gasteiger partial charge in [0.2, 0.25) is 0 Å². The van der Waals surface area contributed by atoms with Crippen LogP contribution in [-0.4, -0.2) is 20.1 Å². The predicted octanol–water partition coefficient (Wildman–Crippen LogP) is 3.33. The van der Waals surface area contributed by atoms with Gasteiger partial charge in [0.25, 0.3) is 5.91 Å². The van der Waals surface area contributed by atoms with E-state index >= 15 is 0 Å². The van der Waals surface area contributed by atoms with Crippen molar-refractivity contribution in [3.63, 3.8) is 0 Å². The third-order valence-corrected chi connectivity index (χ3v) is 3.23. The van der Waals surface area contributed by atoms with Gasteiger partial charge in [-0.3, -0.25) is 4.79 Å². The number of carbonyl (C=O) groups excluding carboxylic acids is 1. The molecule has 0 spiro atoms. The number of halogens is 1. The number of nitrogens with zero attached hydrogens (tertiary/aromatic N) is 1. The Hall–Kier alpha value is -1.75. The van der Waals surface area contributed by atoms with Crippen LogP contribution >= 0.6 is 15.9 Å². The molecule has 1 aromatic carbocycles. The molecular weight excluding hydrogens is 298 g/mol. The van der Waals surface area contributed by atoms with Gasteiger partial charge in [0.1, 0.15) is 5.75 Å². The maximum Gasteiger partial charge on any atom is 0.262 e. The second kappa shape index (κ2) is 5.27. The molecule has 0 aliphatic heterocycles. The molecule has 4 nitrogen and oxygen atoms in total. The summed E-state index contributed by atoms with van der Waals surface area (Å²) >= 11 is 3.20. The molecule has 1 heterocycles. The molecule has 0 saturated carbocycles. The van der Waals surface area contributed by atoms with Gasteiger partial charge < -0.3 is 14.1 Å². The molecule has 0 N–H and O–H groups in total. The highest BCUT2D eigenvalue weighted by atomic mass is 79.9. The summed E-state index contributed by atoms with van der Waals surface area (Å²) in [6.07, 6.45) is 1.47. The van der Waals surface area contributed by atoms with Gasteiger partial charge in [-0.05, 0) is 46.3 Å². The van der Waals surface area contributed by atoms with Crippen LogP contribution in [0.25, 0.3) is 0 Å². The lowest BCUT2D eigenvalue weighted by molar-refractivity contribution is 0.0991. The summed E-state index contributed by atoms with van der Waals surface area (Å²) in [6, 6.07) is 8.90. The summed E-state index contributed by atoms with van der Waals surface area (Å²) in [4.78, 5) is 13.7. The summed E-state index contributed by atoms with van der Waals surface area (Å²) < 4.78 is 10.6. The van der Waals surface area contributed by atoms with E-state index in [0.717, 1.165) is 11.4 Å². The van der Waals surface area contributed by atoms with Crippen LogP contribution in [0.1, 0.15) is 10.4 Å². The maximum atomic E-state index is 12.2. The number of methoxy groups -OCH3 is 1. The molecule has 2 aromatic rings. The quantitative estimate of drug-likeness (QED) is 0.873. The Bertz CT molecular complexity index is 548. The molecule has 18 heavy (non-hydrogen) atoms. The van der Waals surface area contributed by atoms with Gasteiger partial charge in [-0.15, -0.1) is 0 Å². The molecule has 0 bridgehead atoms. The molecule has 2 rings (SSSR count). The highest BCUT2D eigenvalue weighted by Gasteiger charge is 2.18. The van der Waals surface area contributed by atoms with Gasteiger partial charge >= 0.3 is 0 Å². The van der Waals surface area contributed by atoms with Crippen molar-refractivity contribution in [3.05, 3.63) is 46.8 Å². The highest BCUT2D eigenvalue weighted by molar-refractivity contribution is 9.10. The zero-order valence-corrected chi connectivity index (χ0v) is 11.6. The smallest absolute Gasteiger partial charge is 0.262 e. The van der Waals surface area contributed by atoms with Crippen molar-refractivity contribution in [3.8, 4) is 5.75 Å². The Morgan fingerprint density at radius 2 is 1.94 bits per heavy atom. The molecule has 0 fully saturated rings. The Balaban J connectivity index is 2.23. The van der Waals surface area contributed by atoms with Gasteiger partial charge in [0.05, 0.1) is 18.9 Å². The molecular formula is C13H12BrNO3. The van der Waals surface area contributed by atoms with E-state index in [4.69, 9.17) is 9.15 Å². The minimum atomic E-state index is -0.138. The van der Waals surface area contributed by atoms with E-state index in [1.54, 1.807) is 25.1 Å². The molecule has 5 heteroatoms. The van der Waals surface area contributed by atoms with E-state index in [0.29, 0.717) is 10.2 Å². The van der Waals surface area contributed by atoms with Crippen molar-refractivity contribution in [1.29, 1.82) is 0 Å². The van der Waals surface area contributed by atoms with Crippen molar-refractivity contribution in [2.45, 2.75) is 0 Å². The predicted molar refractivity (Wildman–Crippen MR) is 72.1 cm³/mol. The van der Waals surface area contributed by atoms with Crippen molar-refractivity contribution in [2.24, 2.45) is 0 Å². The van der Waals surface area contributed by atoms with Gasteiger partial charge in [0, 0.05) is 12.7 Å². The van der Waals surface area contributed by atoms with E-state index in [9.17, 15) is 4.79 Å². The van der Waals surface area contributed by atoms with E-state index < -0.39 is 0 Å². The zero-order chi connectivity index (χ0) is 13.1. The standard InChI is InChI=1S/C13H12BrNO3/c1-15(9-3-5-10(17-2)6-4-9)13(16)11-7-8-18-12(11)14/h3-8H,1-2H3. The summed E-state index contributed by atoms with van der Waals surface area (Å²) in [7, 11) is 3.32.